The van der Waals surface area contributed by atoms with E-state index in [1.807, 2.05) is 0 Å². The quantitative estimate of drug-likeness (QED) is 0.189. The van der Waals surface area contributed by atoms with Crippen molar-refractivity contribution in [2.24, 2.45) is 10.2 Å². The number of amidine groups is 1. The Labute approximate surface area is 184 Å². The maximum atomic E-state index is 11.8. The normalized spacial score (nSPS) is 16.1. The van der Waals surface area contributed by atoms with Crippen LogP contribution >= 0.6 is 27.7 Å². The summed E-state index contributed by atoms with van der Waals surface area (Å²) in [6.45, 7) is 1.61. The van der Waals surface area contributed by atoms with Gasteiger partial charge in [-0.3, -0.25) is 14.9 Å². The second-order valence-corrected chi connectivity index (χ2v) is 7.34. The number of hydrogen-bond donors (Lipinski definition) is 1. The van der Waals surface area contributed by atoms with Crippen LogP contribution in [0.25, 0.3) is 0 Å². The van der Waals surface area contributed by atoms with E-state index in [4.69, 9.17) is 14.2 Å². The lowest BCUT2D eigenvalue weighted by Gasteiger charge is -2.12. The first kappa shape index (κ1) is 23.4. The maximum Gasteiger partial charge on any atom is 0.331 e. The van der Waals surface area contributed by atoms with Crippen molar-refractivity contribution in [3.05, 3.63) is 33.2 Å². The van der Waals surface area contributed by atoms with Gasteiger partial charge in [-0.05, 0) is 39.8 Å². The van der Waals surface area contributed by atoms with Crippen LogP contribution in [0.1, 0.15) is 12.5 Å². The third-order valence-corrected chi connectivity index (χ3v) is 4.96. The highest BCUT2D eigenvalue weighted by molar-refractivity contribution is 9.10. The molecule has 1 aromatic carbocycles. The number of amides is 1. The fourth-order valence-corrected chi connectivity index (χ4v) is 3.21. The van der Waals surface area contributed by atoms with E-state index in [9.17, 15) is 14.4 Å². The molecule has 1 aliphatic rings. The standard InChI is InChI=1S/C18H18BrN3O7S/c1-10(23)28-4-5-29-14-7-12(19)11(6-13(14)26-2)9-20-22-18-21-17(25)15(30-18)8-16(24)27-3/h6-9H,4-5H2,1-3H3,(H,21,22,25)/b15-8+,20-9?. The number of halogens is 1. The van der Waals surface area contributed by atoms with Gasteiger partial charge in [0.2, 0.25) is 0 Å². The molecule has 0 spiro atoms. The Hall–Kier alpha value is -2.86. The molecule has 0 aliphatic carbocycles. The van der Waals surface area contributed by atoms with Gasteiger partial charge in [0, 0.05) is 23.0 Å². The molecule has 1 N–H and O–H groups in total. The molecule has 1 heterocycles. The molecule has 0 saturated carbocycles. The fraction of sp³-hybridized carbons (Fsp3) is 0.278. The molecular formula is C18H18BrN3O7S. The summed E-state index contributed by atoms with van der Waals surface area (Å²) in [6, 6.07) is 3.36. The Kier molecular flexibility index (Phi) is 8.87. The summed E-state index contributed by atoms with van der Waals surface area (Å²) in [5, 5.41) is 10.6. The lowest BCUT2D eigenvalue weighted by Crippen LogP contribution is -2.19. The summed E-state index contributed by atoms with van der Waals surface area (Å²) in [7, 11) is 2.71. The molecule has 0 radical (unpaired) electrons. The van der Waals surface area contributed by atoms with Crippen LogP contribution in [0, 0.1) is 0 Å². The molecule has 160 valence electrons. The monoisotopic (exact) mass is 499 g/mol. The Morgan fingerprint density at radius 3 is 2.67 bits per heavy atom. The van der Waals surface area contributed by atoms with E-state index in [-0.39, 0.29) is 29.3 Å². The van der Waals surface area contributed by atoms with Gasteiger partial charge in [-0.2, -0.15) is 5.10 Å². The van der Waals surface area contributed by atoms with Crippen molar-refractivity contribution in [1.29, 1.82) is 0 Å². The van der Waals surface area contributed by atoms with Gasteiger partial charge >= 0.3 is 11.9 Å². The summed E-state index contributed by atoms with van der Waals surface area (Å²) in [4.78, 5) is 34.0. The van der Waals surface area contributed by atoms with Crippen LogP contribution in [-0.2, 0) is 23.9 Å². The van der Waals surface area contributed by atoms with E-state index in [1.165, 1.54) is 27.4 Å². The zero-order chi connectivity index (χ0) is 22.1. The lowest BCUT2D eigenvalue weighted by molar-refractivity contribution is -0.141. The molecule has 30 heavy (non-hydrogen) atoms. The first-order valence-electron chi connectivity index (χ1n) is 8.37. The maximum absolute atomic E-state index is 11.8. The Morgan fingerprint density at radius 2 is 2.00 bits per heavy atom. The number of ether oxygens (including phenoxy) is 4. The SMILES string of the molecule is COC(=O)/C=C1/S/C(=N\N=Cc2cc(OC)c(OCCOC(C)=O)cc2Br)NC1=O. The van der Waals surface area contributed by atoms with E-state index < -0.39 is 11.9 Å². The Balaban J connectivity index is 2.07. The number of nitrogens with zero attached hydrogens (tertiary/aromatic N) is 2. The molecule has 1 aromatic rings. The number of thioether (sulfide) groups is 1. The largest absolute Gasteiger partial charge is 0.493 e. The Bertz CT molecular complexity index is 931. The first-order valence-corrected chi connectivity index (χ1v) is 9.98. The Morgan fingerprint density at radius 1 is 1.23 bits per heavy atom. The number of carbonyl (C=O) groups excluding carboxylic acids is 3. The van der Waals surface area contributed by atoms with Crippen LogP contribution in [0.5, 0.6) is 11.5 Å². The molecule has 0 atom stereocenters. The van der Waals surface area contributed by atoms with Crippen LogP contribution < -0.4 is 14.8 Å². The molecule has 2 rings (SSSR count). The lowest BCUT2D eigenvalue weighted by atomic mass is 10.2. The summed E-state index contributed by atoms with van der Waals surface area (Å²) >= 11 is 4.38. The predicted molar refractivity (Wildman–Crippen MR) is 114 cm³/mol. The van der Waals surface area contributed by atoms with Crippen molar-refractivity contribution in [3.8, 4) is 11.5 Å². The van der Waals surface area contributed by atoms with Gasteiger partial charge in [0.05, 0.1) is 25.3 Å². The highest BCUT2D eigenvalue weighted by atomic mass is 79.9. The van der Waals surface area contributed by atoms with Crippen LogP contribution in [0.4, 0.5) is 0 Å². The van der Waals surface area contributed by atoms with Gasteiger partial charge in [0.25, 0.3) is 5.91 Å². The van der Waals surface area contributed by atoms with Crippen LogP contribution in [-0.4, -0.2) is 56.7 Å². The number of methoxy groups -OCH3 is 2. The highest BCUT2D eigenvalue weighted by Crippen LogP contribution is 2.33. The van der Waals surface area contributed by atoms with Crippen molar-refractivity contribution in [3.63, 3.8) is 0 Å². The summed E-state index contributed by atoms with van der Waals surface area (Å²) < 4.78 is 20.8. The summed E-state index contributed by atoms with van der Waals surface area (Å²) in [5.74, 6) is -0.580. The molecule has 1 fully saturated rings. The molecule has 0 bridgehead atoms. The number of nitrogens with one attached hydrogen (secondary N) is 1. The van der Waals surface area contributed by atoms with Gasteiger partial charge in [0.1, 0.15) is 13.2 Å². The minimum atomic E-state index is -0.636. The average molecular weight is 500 g/mol. The smallest absolute Gasteiger partial charge is 0.331 e. The van der Waals surface area contributed by atoms with Crippen molar-refractivity contribution < 1.29 is 33.3 Å². The van der Waals surface area contributed by atoms with Crippen molar-refractivity contribution in [1.82, 2.24) is 5.32 Å². The second-order valence-electron chi connectivity index (χ2n) is 5.45. The van der Waals surface area contributed by atoms with Crippen LogP contribution in [0.3, 0.4) is 0 Å². The number of hydrogen-bond acceptors (Lipinski definition) is 10. The van der Waals surface area contributed by atoms with Crippen molar-refractivity contribution in [2.45, 2.75) is 6.92 Å². The predicted octanol–water partition coefficient (Wildman–Crippen LogP) is 2.01. The van der Waals surface area contributed by atoms with Gasteiger partial charge in [-0.1, -0.05) is 0 Å². The van der Waals surface area contributed by atoms with Crippen molar-refractivity contribution in [2.75, 3.05) is 27.4 Å². The second kappa shape index (κ2) is 11.4. The van der Waals surface area contributed by atoms with Crippen LogP contribution in [0.2, 0.25) is 0 Å². The third kappa shape index (κ3) is 6.88. The van der Waals surface area contributed by atoms with Gasteiger partial charge in [-0.15, -0.1) is 5.10 Å². The molecule has 0 aromatic heterocycles. The van der Waals surface area contributed by atoms with Crippen molar-refractivity contribution >= 4 is 56.9 Å². The van der Waals surface area contributed by atoms with E-state index >= 15 is 0 Å². The molecular weight excluding hydrogens is 482 g/mol. The van der Waals surface area contributed by atoms with Gasteiger partial charge < -0.3 is 18.9 Å². The zero-order valence-corrected chi connectivity index (χ0v) is 18.7. The number of carbonyl (C=O) groups is 3. The van der Waals surface area contributed by atoms with E-state index in [2.05, 4.69) is 36.2 Å². The van der Waals surface area contributed by atoms with E-state index in [0.717, 1.165) is 17.8 Å². The summed E-state index contributed by atoms with van der Waals surface area (Å²) in [5.41, 5.74) is 0.642. The highest BCUT2D eigenvalue weighted by Gasteiger charge is 2.25. The molecule has 1 amide bonds. The third-order valence-electron chi connectivity index (χ3n) is 3.38. The molecule has 0 unspecified atom stereocenters. The minimum absolute atomic E-state index is 0.118. The van der Waals surface area contributed by atoms with E-state index in [1.54, 1.807) is 12.1 Å². The molecule has 10 nitrogen and oxygen atoms in total. The van der Waals surface area contributed by atoms with Gasteiger partial charge in [-0.25, -0.2) is 4.79 Å². The number of esters is 2. The zero-order valence-electron chi connectivity index (χ0n) is 16.3. The van der Waals surface area contributed by atoms with Crippen LogP contribution in [0.15, 0.2) is 37.8 Å². The topological polar surface area (TPSA) is 125 Å². The first-order chi connectivity index (χ1) is 14.3. The number of rotatable bonds is 8. The number of benzene rings is 1. The average Bonchev–Trinajstić information content (AvgIpc) is 3.05. The molecule has 12 heteroatoms. The van der Waals surface area contributed by atoms with E-state index in [0.29, 0.717) is 21.5 Å². The fourth-order valence-electron chi connectivity index (χ4n) is 2.04. The summed E-state index contributed by atoms with van der Waals surface area (Å²) in [6.07, 6.45) is 2.53. The molecule has 1 saturated heterocycles. The van der Waals surface area contributed by atoms with Gasteiger partial charge in [0.15, 0.2) is 16.7 Å². The minimum Gasteiger partial charge on any atom is -0.493 e. The molecule has 1 aliphatic heterocycles.